The number of fused-ring (bicyclic) bond motifs is 1. The van der Waals surface area contributed by atoms with E-state index in [1.807, 2.05) is 17.5 Å². The van der Waals surface area contributed by atoms with Crippen molar-refractivity contribution in [3.8, 4) is 10.6 Å². The Morgan fingerprint density at radius 2 is 2.27 bits per heavy atom. The average Bonchev–Trinajstić information content (AvgIpc) is 3.25. The molecule has 4 rings (SSSR count). The summed E-state index contributed by atoms with van der Waals surface area (Å²) in [6, 6.07) is 3.95. The minimum Gasteiger partial charge on any atom is -0.394 e. The lowest BCUT2D eigenvalue weighted by molar-refractivity contribution is -0.0432. The zero-order valence-electron chi connectivity index (χ0n) is 11.5. The maximum Gasteiger partial charge on any atom is 0.166 e. The van der Waals surface area contributed by atoms with Crippen LogP contribution in [0.4, 0.5) is 0 Å². The third kappa shape index (κ3) is 2.12. The number of hydrogen-bond donors (Lipinski definition) is 2. The van der Waals surface area contributed by atoms with E-state index < -0.39 is 12.2 Å². The predicted octanol–water partition coefficient (Wildman–Crippen LogP) is 1.20. The molecule has 0 amide bonds. The Labute approximate surface area is 129 Å². The van der Waals surface area contributed by atoms with Gasteiger partial charge in [-0.25, -0.2) is 15.0 Å². The van der Waals surface area contributed by atoms with Gasteiger partial charge in [-0.2, -0.15) is 0 Å². The number of aromatic nitrogens is 4. The molecule has 22 heavy (non-hydrogen) atoms. The third-order valence-corrected chi connectivity index (χ3v) is 4.68. The Hall–Kier alpha value is -1.87. The molecule has 0 bridgehead atoms. The van der Waals surface area contributed by atoms with Crippen molar-refractivity contribution >= 4 is 22.5 Å². The summed E-state index contributed by atoms with van der Waals surface area (Å²) in [5, 5.41) is 21.1. The van der Waals surface area contributed by atoms with Gasteiger partial charge in [-0.1, -0.05) is 6.07 Å². The highest BCUT2D eigenvalue weighted by Gasteiger charge is 2.35. The highest BCUT2D eigenvalue weighted by molar-refractivity contribution is 7.13. The van der Waals surface area contributed by atoms with Crippen molar-refractivity contribution in [1.82, 2.24) is 19.5 Å². The number of hydrogen-bond acceptors (Lipinski definition) is 7. The first kappa shape index (κ1) is 13.8. The molecule has 4 heterocycles. The van der Waals surface area contributed by atoms with E-state index in [1.54, 1.807) is 22.2 Å². The van der Waals surface area contributed by atoms with Crippen molar-refractivity contribution in [2.45, 2.75) is 24.9 Å². The average molecular weight is 318 g/mol. The lowest BCUT2D eigenvalue weighted by atomic mass is 10.2. The van der Waals surface area contributed by atoms with E-state index in [0.29, 0.717) is 17.6 Å². The predicted molar refractivity (Wildman–Crippen MR) is 80.3 cm³/mol. The zero-order chi connectivity index (χ0) is 15.1. The van der Waals surface area contributed by atoms with Gasteiger partial charge in [0, 0.05) is 6.42 Å². The summed E-state index contributed by atoms with van der Waals surface area (Å²) < 4.78 is 7.46. The largest absolute Gasteiger partial charge is 0.394 e. The van der Waals surface area contributed by atoms with E-state index in [-0.39, 0.29) is 12.8 Å². The first-order valence-corrected chi connectivity index (χ1v) is 7.81. The molecule has 3 atom stereocenters. The maximum absolute atomic E-state index is 9.89. The van der Waals surface area contributed by atoms with Gasteiger partial charge >= 0.3 is 0 Å². The molecule has 0 aliphatic carbocycles. The fraction of sp³-hybridized carbons (Fsp3) is 0.357. The monoisotopic (exact) mass is 318 g/mol. The summed E-state index contributed by atoms with van der Waals surface area (Å²) in [6.45, 7) is -0.209. The number of imidazole rings is 1. The topological polar surface area (TPSA) is 93.3 Å². The zero-order valence-corrected chi connectivity index (χ0v) is 12.3. The molecule has 3 aromatic rings. The molecule has 8 heteroatoms. The second-order valence-corrected chi connectivity index (χ2v) is 6.09. The number of nitrogens with zero attached hydrogens (tertiary/aromatic N) is 4. The van der Waals surface area contributed by atoms with E-state index in [2.05, 4.69) is 15.0 Å². The van der Waals surface area contributed by atoms with Crippen LogP contribution < -0.4 is 0 Å². The van der Waals surface area contributed by atoms with Gasteiger partial charge in [-0.05, 0) is 11.4 Å². The molecule has 2 N–H and O–H groups in total. The van der Waals surface area contributed by atoms with Crippen LogP contribution >= 0.6 is 11.3 Å². The number of aliphatic hydroxyl groups is 2. The van der Waals surface area contributed by atoms with Crippen LogP contribution in [0.3, 0.4) is 0 Å². The minimum absolute atomic E-state index is 0.209. The standard InChI is InChI=1S/C14H14N4O3S/c19-5-9-8(20)4-11(21-9)18-7-17-13-12(10-2-1-3-22-10)15-6-16-14(13)18/h1-3,6-9,11,19-20H,4-5H2/t8-,9+,11+/m0/s1. The Balaban J connectivity index is 1.77. The maximum atomic E-state index is 9.89. The number of ether oxygens (including phenoxy) is 1. The van der Waals surface area contributed by atoms with Crippen LogP contribution in [0.15, 0.2) is 30.2 Å². The second kappa shape index (κ2) is 5.40. The number of rotatable bonds is 3. The number of thiophene rings is 1. The molecule has 1 aliphatic heterocycles. The molecule has 1 saturated heterocycles. The second-order valence-electron chi connectivity index (χ2n) is 5.14. The molecular formula is C14H14N4O3S. The highest BCUT2D eigenvalue weighted by Crippen LogP contribution is 2.33. The molecule has 0 unspecified atom stereocenters. The van der Waals surface area contributed by atoms with Gasteiger partial charge in [0.25, 0.3) is 0 Å². The molecule has 0 spiro atoms. The van der Waals surface area contributed by atoms with Gasteiger partial charge in [0.15, 0.2) is 5.65 Å². The minimum atomic E-state index is -0.689. The molecular weight excluding hydrogens is 304 g/mol. The van der Waals surface area contributed by atoms with Gasteiger partial charge in [-0.3, -0.25) is 4.57 Å². The highest BCUT2D eigenvalue weighted by atomic mass is 32.1. The summed E-state index contributed by atoms with van der Waals surface area (Å²) in [7, 11) is 0. The van der Waals surface area contributed by atoms with Crippen molar-refractivity contribution in [3.05, 3.63) is 30.2 Å². The van der Waals surface area contributed by atoms with Crippen LogP contribution in [-0.4, -0.2) is 48.5 Å². The van der Waals surface area contributed by atoms with Crippen molar-refractivity contribution in [2.24, 2.45) is 0 Å². The van der Waals surface area contributed by atoms with Crippen LogP contribution in [0.5, 0.6) is 0 Å². The number of aliphatic hydroxyl groups excluding tert-OH is 2. The fourth-order valence-electron chi connectivity index (χ4n) is 2.71. The molecule has 0 saturated carbocycles. The van der Waals surface area contributed by atoms with Crippen LogP contribution in [0.2, 0.25) is 0 Å². The first-order chi connectivity index (χ1) is 10.8. The Bertz CT molecular complexity index is 789. The van der Waals surface area contributed by atoms with E-state index in [4.69, 9.17) is 4.74 Å². The molecule has 0 aromatic carbocycles. The molecule has 1 fully saturated rings. The summed E-state index contributed by atoms with van der Waals surface area (Å²) in [6.07, 6.45) is 1.91. The fourth-order valence-corrected chi connectivity index (χ4v) is 3.43. The van der Waals surface area contributed by atoms with Crippen LogP contribution in [0.1, 0.15) is 12.6 Å². The lowest BCUT2D eigenvalue weighted by Crippen LogP contribution is -2.24. The Morgan fingerprint density at radius 3 is 3.00 bits per heavy atom. The summed E-state index contributed by atoms with van der Waals surface area (Å²) in [5.74, 6) is 0. The SMILES string of the molecule is OC[C@H]1O[C@@H](n2cnc3c(-c4cccs4)ncnc32)C[C@@H]1O. The van der Waals surface area contributed by atoms with E-state index in [1.165, 1.54) is 6.33 Å². The van der Waals surface area contributed by atoms with Gasteiger partial charge in [0.05, 0.1) is 23.9 Å². The van der Waals surface area contributed by atoms with Crippen LogP contribution in [0.25, 0.3) is 21.7 Å². The quantitative estimate of drug-likeness (QED) is 0.753. The third-order valence-electron chi connectivity index (χ3n) is 3.81. The van der Waals surface area contributed by atoms with Crippen molar-refractivity contribution in [3.63, 3.8) is 0 Å². The lowest BCUT2D eigenvalue weighted by Gasteiger charge is -2.13. The molecule has 7 nitrogen and oxygen atoms in total. The molecule has 3 aromatic heterocycles. The summed E-state index contributed by atoms with van der Waals surface area (Å²) >= 11 is 1.59. The van der Waals surface area contributed by atoms with Gasteiger partial charge in [-0.15, -0.1) is 11.3 Å². The van der Waals surface area contributed by atoms with E-state index >= 15 is 0 Å². The first-order valence-electron chi connectivity index (χ1n) is 6.93. The van der Waals surface area contributed by atoms with E-state index in [9.17, 15) is 10.2 Å². The van der Waals surface area contributed by atoms with Gasteiger partial charge < -0.3 is 14.9 Å². The van der Waals surface area contributed by atoms with Crippen molar-refractivity contribution in [2.75, 3.05) is 6.61 Å². The Kier molecular flexibility index (Phi) is 3.38. The normalized spacial score (nSPS) is 25.1. The molecule has 0 radical (unpaired) electrons. The van der Waals surface area contributed by atoms with Crippen molar-refractivity contribution < 1.29 is 14.9 Å². The van der Waals surface area contributed by atoms with Crippen LogP contribution in [0, 0.1) is 0 Å². The van der Waals surface area contributed by atoms with Crippen LogP contribution in [-0.2, 0) is 4.74 Å². The molecule has 1 aliphatic rings. The van der Waals surface area contributed by atoms with Gasteiger partial charge in [0.2, 0.25) is 0 Å². The van der Waals surface area contributed by atoms with Gasteiger partial charge in [0.1, 0.15) is 29.9 Å². The smallest absolute Gasteiger partial charge is 0.166 e. The van der Waals surface area contributed by atoms with Crippen molar-refractivity contribution in [1.29, 1.82) is 0 Å². The van der Waals surface area contributed by atoms with E-state index in [0.717, 1.165) is 10.6 Å². The summed E-state index contributed by atoms with van der Waals surface area (Å²) in [4.78, 5) is 14.1. The summed E-state index contributed by atoms with van der Waals surface area (Å²) in [5.41, 5.74) is 2.15. The Morgan fingerprint density at radius 1 is 1.36 bits per heavy atom. The molecule has 114 valence electrons.